The smallest absolute Gasteiger partial charge is 0.305 e. The molecule has 38 heteroatoms. The number of guanidine groups is 2. The molecular formula is C76H124N22O16. The monoisotopic (exact) mass is 1600 g/mol. The van der Waals surface area contributed by atoms with E-state index in [9.17, 15) is 72.5 Å². The first-order valence-corrected chi connectivity index (χ1v) is 39.3. The third-order valence-corrected chi connectivity index (χ3v) is 19.3. The van der Waals surface area contributed by atoms with Crippen molar-refractivity contribution >= 4 is 94.7 Å². The fourth-order valence-corrected chi connectivity index (χ4v) is 13.0. The van der Waals surface area contributed by atoms with E-state index < -0.39 is 174 Å². The first kappa shape index (κ1) is 95.6. The summed E-state index contributed by atoms with van der Waals surface area (Å²) >= 11 is 0. The first-order valence-electron chi connectivity index (χ1n) is 39.3. The quantitative estimate of drug-likeness (QED) is 0.0197. The summed E-state index contributed by atoms with van der Waals surface area (Å²) in [6.07, 6.45) is 0.336. The van der Waals surface area contributed by atoms with Crippen LogP contribution >= 0.6 is 0 Å². The summed E-state index contributed by atoms with van der Waals surface area (Å²) in [6, 6.07) is -3.70. The van der Waals surface area contributed by atoms with Crippen LogP contribution in [0.2, 0.25) is 0 Å². The van der Waals surface area contributed by atoms with Crippen molar-refractivity contribution < 1.29 is 77.3 Å². The number of unbranched alkanes of at least 4 members (excludes halogenated alkanes) is 2. The average molecular weight is 1600 g/mol. The van der Waals surface area contributed by atoms with E-state index in [2.05, 4.69) is 73.8 Å². The molecule has 13 atom stereocenters. The van der Waals surface area contributed by atoms with E-state index in [1.165, 1.54) is 29.2 Å². The van der Waals surface area contributed by atoms with Crippen LogP contribution in [0, 0.1) is 17.8 Å². The Morgan fingerprint density at radius 3 is 1.32 bits per heavy atom. The topological polar surface area (TPSA) is 634 Å². The number of amides is 13. The normalized spacial score (nSPS) is 24.0. The number of phenolic OH excluding ortho intramolecular Hbond substituents is 1. The van der Waals surface area contributed by atoms with Crippen LogP contribution in [0.4, 0.5) is 0 Å². The highest BCUT2D eigenvalue weighted by molar-refractivity contribution is 6.01. The number of aliphatic imine (C=N–C) groups is 2. The molecule has 634 valence electrons. The Bertz CT molecular complexity index is 3560. The summed E-state index contributed by atoms with van der Waals surface area (Å²) in [6.45, 7) is 9.99. The molecule has 114 heavy (non-hydrogen) atoms. The zero-order valence-corrected chi connectivity index (χ0v) is 66.4. The fraction of sp³-hybridized carbons (Fsp3) is 0.632. The maximum atomic E-state index is 15.2. The van der Waals surface area contributed by atoms with Gasteiger partial charge in [-0.1, -0.05) is 90.4 Å². The number of nitrogens with one attached hydrogen (secondary N) is 12. The van der Waals surface area contributed by atoms with Crippen molar-refractivity contribution in [2.75, 3.05) is 45.8 Å². The SMILES string of the molecule is CC[C@H](C)[C@H]1NC(=O)[C@H](CCCN=C(N)N)NC(=O)[C@H](CCCN)NC(=O)[C@H](CC(C)C)NC(=O)[C@H](Cc2ccccc2)NC(=O)[C@@H](CC(=O)O)NC(=O)CNC(=O)[C@H](Cc2ccc(O)cc2)NC(=O)[C@H](CCCCN)NC(=O)[C@H](CC(C)C)NC(=O)[C@H](CCCCN)NC(=O)[C@@H]2CCCN2C(=O)[C@H](CCCN=C(N)N)NC1=O. The van der Waals surface area contributed by atoms with Gasteiger partial charge in [-0.05, 0) is 163 Å². The van der Waals surface area contributed by atoms with Gasteiger partial charge in [-0.15, -0.1) is 0 Å². The number of fused-ring (bicyclic) bond motifs is 1. The highest BCUT2D eigenvalue weighted by Crippen LogP contribution is 2.23. The van der Waals surface area contributed by atoms with Crippen LogP contribution in [-0.4, -0.2) is 228 Å². The Labute approximate surface area is 665 Å². The highest BCUT2D eigenvalue weighted by Gasteiger charge is 2.42. The predicted molar refractivity (Wildman–Crippen MR) is 425 cm³/mol. The molecule has 0 unspecified atom stereocenters. The van der Waals surface area contributed by atoms with Crippen molar-refractivity contribution in [1.82, 2.24) is 68.7 Å². The predicted octanol–water partition coefficient (Wildman–Crippen LogP) is -3.65. The van der Waals surface area contributed by atoms with E-state index in [4.69, 9.17) is 40.1 Å². The second-order valence-electron chi connectivity index (χ2n) is 29.8. The van der Waals surface area contributed by atoms with E-state index in [1.54, 1.807) is 71.9 Å². The molecule has 4 rings (SSSR count). The van der Waals surface area contributed by atoms with Crippen LogP contribution in [0.25, 0.3) is 0 Å². The number of phenols is 1. The standard InChI is InChI=1S/C76H124N22O16/c1-7-45(6)62-73(113)92-53(25-17-35-85-76(82)83)74(114)98-36-18-26-59(98)72(112)91-50(22-12-14-32-78)66(106)93-54(37-43(2)3)68(108)89-49(21-11-13-31-77)65(105)95-56(40-47-27-29-48(99)30-28-47)63(103)86-42-60(100)87-58(41-61(101)102)71(111)96-57(39-46-19-9-8-10-20-46)70(110)94-55(38-44(4)5)69(109)90-51(23-15-33-79)64(104)88-52(67(107)97-62)24-16-34-84-75(80)81/h8-10,19-20,27-30,43-45,49-59,62,99H,7,11-18,21-26,31-42,77-79H2,1-6H3,(H,86,103)(H,87,100)(H,88,104)(H,89,108)(H,90,109)(H,91,112)(H,92,113)(H,93,106)(H,94,110)(H,95,105)(H,96,111)(H,97,107)(H,101,102)(H4,80,81,84)(H4,82,83,85)/t45-,49-,50-,51-,52-,53-,54-,55-,56-,57-,58+,59-,62+/m0/s1. The van der Waals surface area contributed by atoms with Crippen molar-refractivity contribution in [3.05, 3.63) is 65.7 Å². The van der Waals surface area contributed by atoms with E-state index in [0.29, 0.717) is 36.8 Å². The molecule has 28 N–H and O–H groups in total. The molecule has 0 saturated carbocycles. The lowest BCUT2D eigenvalue weighted by atomic mass is 9.96. The molecule has 0 spiro atoms. The number of aliphatic carboxylic acids is 1. The molecule has 0 bridgehead atoms. The summed E-state index contributed by atoms with van der Waals surface area (Å²) in [5, 5.41) is 52.3. The number of hydrogen-bond donors (Lipinski definition) is 21. The van der Waals surface area contributed by atoms with Gasteiger partial charge in [0, 0.05) is 32.5 Å². The Kier molecular flexibility index (Phi) is 42.2. The number of aromatic hydroxyl groups is 1. The van der Waals surface area contributed by atoms with Gasteiger partial charge >= 0.3 is 5.97 Å². The number of carbonyl (C=O) groups excluding carboxylic acids is 13. The summed E-state index contributed by atoms with van der Waals surface area (Å²) in [5.74, 6) is -15.2. The van der Waals surface area contributed by atoms with Crippen LogP contribution in [0.3, 0.4) is 0 Å². The largest absolute Gasteiger partial charge is 0.508 e. The fourth-order valence-electron chi connectivity index (χ4n) is 13.0. The molecule has 2 aromatic rings. The van der Waals surface area contributed by atoms with Gasteiger partial charge in [0.1, 0.15) is 78.3 Å². The van der Waals surface area contributed by atoms with Gasteiger partial charge in [-0.25, -0.2) is 0 Å². The minimum atomic E-state index is -1.93. The molecular weight excluding hydrogens is 1480 g/mol. The lowest BCUT2D eigenvalue weighted by Crippen LogP contribution is -2.61. The lowest BCUT2D eigenvalue weighted by molar-refractivity contribution is -0.143. The minimum absolute atomic E-state index is 0.000104. The van der Waals surface area contributed by atoms with Crippen LogP contribution in [-0.2, 0) is 80.0 Å². The van der Waals surface area contributed by atoms with E-state index in [0.717, 1.165) is 0 Å². The maximum Gasteiger partial charge on any atom is 0.305 e. The third-order valence-electron chi connectivity index (χ3n) is 19.3. The van der Waals surface area contributed by atoms with Crippen LogP contribution in [0.1, 0.15) is 168 Å². The van der Waals surface area contributed by atoms with Gasteiger partial charge in [0.25, 0.3) is 0 Å². The van der Waals surface area contributed by atoms with Crippen molar-refractivity contribution in [3.8, 4) is 5.75 Å². The van der Waals surface area contributed by atoms with Crippen molar-refractivity contribution in [3.63, 3.8) is 0 Å². The molecule has 2 fully saturated rings. The molecule has 2 heterocycles. The molecule has 2 saturated heterocycles. The Balaban J connectivity index is 1.94. The number of nitrogens with two attached hydrogens (primary N) is 7. The summed E-state index contributed by atoms with van der Waals surface area (Å²) in [5.41, 5.74) is 41.3. The molecule has 0 radical (unpaired) electrons. The van der Waals surface area contributed by atoms with Crippen LogP contribution in [0.15, 0.2) is 64.6 Å². The number of carbonyl (C=O) groups is 14. The number of carboxylic acid groups (broad SMARTS) is 1. The summed E-state index contributed by atoms with van der Waals surface area (Å²) in [7, 11) is 0. The third kappa shape index (κ3) is 34.3. The second-order valence-corrected chi connectivity index (χ2v) is 29.8. The summed E-state index contributed by atoms with van der Waals surface area (Å²) < 4.78 is 0. The number of carboxylic acids is 1. The Morgan fingerprint density at radius 1 is 0.456 bits per heavy atom. The number of hydrogen-bond acceptors (Lipinski definition) is 20. The first-order chi connectivity index (χ1) is 54.2. The van der Waals surface area contributed by atoms with Crippen molar-refractivity contribution in [1.29, 1.82) is 0 Å². The van der Waals surface area contributed by atoms with Gasteiger partial charge in [0.05, 0.1) is 13.0 Å². The lowest BCUT2D eigenvalue weighted by Gasteiger charge is -2.32. The zero-order valence-electron chi connectivity index (χ0n) is 66.4. The highest BCUT2D eigenvalue weighted by atomic mass is 16.4. The minimum Gasteiger partial charge on any atom is -0.508 e. The zero-order chi connectivity index (χ0) is 84.6. The van der Waals surface area contributed by atoms with Gasteiger partial charge in [0.15, 0.2) is 11.9 Å². The van der Waals surface area contributed by atoms with E-state index >= 15 is 4.79 Å². The van der Waals surface area contributed by atoms with Crippen LogP contribution < -0.4 is 104 Å². The van der Waals surface area contributed by atoms with Crippen LogP contribution in [0.5, 0.6) is 5.75 Å². The van der Waals surface area contributed by atoms with E-state index in [1.807, 2.05) is 0 Å². The number of rotatable bonds is 31. The maximum absolute atomic E-state index is 15.2. The molecule has 2 aliphatic heterocycles. The van der Waals surface area contributed by atoms with Crippen molar-refractivity contribution in [2.45, 2.75) is 242 Å². The molecule has 0 aromatic heterocycles. The molecule has 2 aliphatic rings. The number of benzene rings is 2. The average Bonchev–Trinajstić information content (AvgIpc) is 1.63. The van der Waals surface area contributed by atoms with Crippen molar-refractivity contribution in [2.24, 2.45) is 67.9 Å². The molecule has 2 aromatic carbocycles. The second kappa shape index (κ2) is 50.4. The van der Waals surface area contributed by atoms with Gasteiger partial charge in [0.2, 0.25) is 76.8 Å². The number of nitrogens with zero attached hydrogens (tertiary/aromatic N) is 3. The van der Waals surface area contributed by atoms with Gasteiger partial charge < -0.3 is 119 Å². The molecule has 13 amide bonds. The summed E-state index contributed by atoms with van der Waals surface area (Å²) in [4.78, 5) is 213. The Morgan fingerprint density at radius 2 is 0.851 bits per heavy atom. The molecule has 0 aliphatic carbocycles. The van der Waals surface area contributed by atoms with Gasteiger partial charge in [-0.3, -0.25) is 77.1 Å². The van der Waals surface area contributed by atoms with Gasteiger partial charge in [-0.2, -0.15) is 0 Å². The van der Waals surface area contributed by atoms with E-state index in [-0.39, 0.29) is 165 Å². The molecule has 38 nitrogen and oxygen atoms in total. The Hall–Kier alpha value is -10.8.